The van der Waals surface area contributed by atoms with E-state index in [-0.39, 0.29) is 6.04 Å². The first-order valence-corrected chi connectivity index (χ1v) is 7.38. The number of aromatic nitrogens is 1. The topological polar surface area (TPSA) is 39.7 Å². The molecule has 0 radical (unpaired) electrons. The normalized spacial score (nSPS) is 24.1. The van der Waals surface area contributed by atoms with Crippen LogP contribution in [0.5, 0.6) is 0 Å². The van der Waals surface area contributed by atoms with E-state index in [9.17, 15) is 4.79 Å². The Balaban J connectivity index is 1.69. The van der Waals surface area contributed by atoms with Crippen molar-refractivity contribution in [2.45, 2.75) is 18.9 Å². The number of piperazine rings is 1. The Labute approximate surface area is 120 Å². The summed E-state index contributed by atoms with van der Waals surface area (Å²) in [4.78, 5) is 22.2. The zero-order valence-electron chi connectivity index (χ0n) is 12.0. The molecule has 1 amide bonds. The Kier molecular flexibility index (Phi) is 3.87. The number of hydrogen-bond acceptors (Lipinski definition) is 4. The maximum absolute atomic E-state index is 11.0. The smallest absolute Gasteiger partial charge is 0.210 e. The summed E-state index contributed by atoms with van der Waals surface area (Å²) < 4.78 is 0. The third-order valence-electron chi connectivity index (χ3n) is 4.41. The highest BCUT2D eigenvalue weighted by molar-refractivity contribution is 5.50. The van der Waals surface area contributed by atoms with Crippen molar-refractivity contribution < 1.29 is 4.79 Å². The fraction of sp³-hybridized carbons (Fsp3) is 0.600. The van der Waals surface area contributed by atoms with Gasteiger partial charge in [-0.05, 0) is 31.5 Å². The Morgan fingerprint density at radius 1 is 1.20 bits per heavy atom. The average Bonchev–Trinajstić information content (AvgIpc) is 2.97. The van der Waals surface area contributed by atoms with Crippen molar-refractivity contribution in [1.29, 1.82) is 0 Å². The molecule has 2 fully saturated rings. The van der Waals surface area contributed by atoms with Crippen LogP contribution in [0, 0.1) is 0 Å². The summed E-state index contributed by atoms with van der Waals surface area (Å²) in [6, 6.07) is 4.45. The van der Waals surface area contributed by atoms with Gasteiger partial charge in [-0.3, -0.25) is 4.79 Å². The quantitative estimate of drug-likeness (QED) is 0.775. The lowest BCUT2D eigenvalue weighted by Gasteiger charge is -2.33. The molecule has 5 heteroatoms. The summed E-state index contributed by atoms with van der Waals surface area (Å²) in [5.41, 5.74) is 1.16. The van der Waals surface area contributed by atoms with Crippen LogP contribution in [0.25, 0.3) is 0 Å². The number of carbonyl (C=O) groups excluding carboxylic acids is 1. The van der Waals surface area contributed by atoms with Crippen molar-refractivity contribution in [1.82, 2.24) is 14.8 Å². The van der Waals surface area contributed by atoms with Gasteiger partial charge in [0.1, 0.15) is 5.82 Å². The van der Waals surface area contributed by atoms with Gasteiger partial charge in [0.15, 0.2) is 0 Å². The van der Waals surface area contributed by atoms with Gasteiger partial charge in [-0.1, -0.05) is 6.07 Å². The van der Waals surface area contributed by atoms with Crippen LogP contribution in [-0.4, -0.2) is 61.0 Å². The number of hydrogen-bond donors (Lipinski definition) is 0. The van der Waals surface area contributed by atoms with E-state index in [2.05, 4.69) is 34.0 Å². The van der Waals surface area contributed by atoms with Gasteiger partial charge in [-0.15, -0.1) is 0 Å². The van der Waals surface area contributed by atoms with Crippen LogP contribution in [0.3, 0.4) is 0 Å². The highest BCUT2D eigenvalue weighted by Crippen LogP contribution is 2.30. The van der Waals surface area contributed by atoms with E-state index < -0.39 is 0 Å². The Morgan fingerprint density at radius 2 is 2.00 bits per heavy atom. The van der Waals surface area contributed by atoms with E-state index >= 15 is 0 Å². The molecule has 108 valence electrons. The van der Waals surface area contributed by atoms with Crippen LogP contribution in [0.2, 0.25) is 0 Å². The predicted molar refractivity (Wildman–Crippen MR) is 78.7 cm³/mol. The first-order valence-electron chi connectivity index (χ1n) is 7.38. The molecule has 0 spiro atoms. The van der Waals surface area contributed by atoms with Crippen LogP contribution in [0.15, 0.2) is 18.3 Å². The van der Waals surface area contributed by atoms with E-state index in [1.807, 2.05) is 11.1 Å². The number of anilines is 1. The molecule has 5 nitrogen and oxygen atoms in total. The van der Waals surface area contributed by atoms with Crippen LogP contribution < -0.4 is 4.90 Å². The van der Waals surface area contributed by atoms with Gasteiger partial charge in [0.25, 0.3) is 0 Å². The number of carbonyl (C=O) groups is 1. The molecule has 0 bridgehead atoms. The number of likely N-dealkylation sites (tertiary alicyclic amines) is 1. The maximum atomic E-state index is 11.0. The minimum atomic E-state index is 0.224. The monoisotopic (exact) mass is 274 g/mol. The van der Waals surface area contributed by atoms with E-state index in [0.717, 1.165) is 63.4 Å². The lowest BCUT2D eigenvalue weighted by molar-refractivity contribution is -0.118. The summed E-state index contributed by atoms with van der Waals surface area (Å²) in [6.45, 7) is 5.11. The van der Waals surface area contributed by atoms with Crippen LogP contribution in [0.1, 0.15) is 24.4 Å². The third kappa shape index (κ3) is 2.63. The third-order valence-corrected chi connectivity index (χ3v) is 4.41. The van der Waals surface area contributed by atoms with Crippen molar-refractivity contribution in [3.05, 3.63) is 23.9 Å². The maximum Gasteiger partial charge on any atom is 0.210 e. The first-order chi connectivity index (χ1) is 9.78. The number of amides is 1. The summed E-state index contributed by atoms with van der Waals surface area (Å²) in [5.74, 6) is 1.05. The second kappa shape index (κ2) is 5.79. The minimum absolute atomic E-state index is 0.224. The average molecular weight is 274 g/mol. The predicted octanol–water partition coefficient (Wildman–Crippen LogP) is 1.13. The first kappa shape index (κ1) is 13.4. The molecule has 2 aliphatic rings. The molecule has 1 atom stereocenters. The standard InChI is InChI=1S/C15H22N4O/c1-17-7-9-18(10-8-17)15-5-4-13(11-16-15)14-3-2-6-19(14)12-20/h4-5,11-12,14H,2-3,6-10H2,1H3. The summed E-state index contributed by atoms with van der Waals surface area (Å²) in [6.07, 6.45) is 5.05. The largest absolute Gasteiger partial charge is 0.354 e. The van der Waals surface area contributed by atoms with E-state index in [4.69, 9.17) is 0 Å². The highest BCUT2D eigenvalue weighted by Gasteiger charge is 2.25. The van der Waals surface area contributed by atoms with Crippen LogP contribution in [-0.2, 0) is 4.79 Å². The number of likely N-dealkylation sites (N-methyl/N-ethyl adjacent to an activating group) is 1. The Hall–Kier alpha value is -1.62. The zero-order valence-corrected chi connectivity index (χ0v) is 12.0. The molecule has 0 aromatic carbocycles. The molecule has 0 saturated carbocycles. The minimum Gasteiger partial charge on any atom is -0.354 e. The molecule has 0 aliphatic carbocycles. The molecular weight excluding hydrogens is 252 g/mol. The second-order valence-electron chi connectivity index (χ2n) is 5.74. The molecule has 1 aromatic rings. The second-order valence-corrected chi connectivity index (χ2v) is 5.74. The molecule has 1 aromatic heterocycles. The molecule has 2 aliphatic heterocycles. The molecule has 1 unspecified atom stereocenters. The van der Waals surface area contributed by atoms with E-state index in [1.165, 1.54) is 0 Å². The van der Waals surface area contributed by atoms with E-state index in [0.29, 0.717) is 0 Å². The molecule has 3 heterocycles. The van der Waals surface area contributed by atoms with Crippen LogP contribution in [0.4, 0.5) is 5.82 Å². The van der Waals surface area contributed by atoms with Crippen molar-refractivity contribution in [2.24, 2.45) is 0 Å². The fourth-order valence-corrected chi connectivity index (χ4v) is 3.09. The molecular formula is C15H22N4O. The highest BCUT2D eigenvalue weighted by atomic mass is 16.1. The van der Waals surface area contributed by atoms with Gasteiger partial charge in [-0.25, -0.2) is 4.98 Å². The summed E-state index contributed by atoms with van der Waals surface area (Å²) in [5, 5.41) is 0. The Bertz CT molecular complexity index is 453. The Morgan fingerprint density at radius 3 is 2.65 bits per heavy atom. The number of pyridine rings is 1. The lowest BCUT2D eigenvalue weighted by atomic mass is 10.1. The van der Waals surface area contributed by atoms with Gasteiger partial charge in [0.2, 0.25) is 6.41 Å². The van der Waals surface area contributed by atoms with Crippen molar-refractivity contribution >= 4 is 12.2 Å². The number of rotatable bonds is 3. The van der Waals surface area contributed by atoms with Gasteiger partial charge >= 0.3 is 0 Å². The molecule has 2 saturated heterocycles. The van der Waals surface area contributed by atoms with Crippen LogP contribution >= 0.6 is 0 Å². The van der Waals surface area contributed by atoms with Gasteiger partial charge in [0, 0.05) is 38.9 Å². The van der Waals surface area contributed by atoms with Crippen molar-refractivity contribution in [2.75, 3.05) is 44.7 Å². The van der Waals surface area contributed by atoms with E-state index in [1.54, 1.807) is 0 Å². The molecule has 20 heavy (non-hydrogen) atoms. The van der Waals surface area contributed by atoms with Gasteiger partial charge < -0.3 is 14.7 Å². The van der Waals surface area contributed by atoms with Gasteiger partial charge in [0.05, 0.1) is 6.04 Å². The summed E-state index contributed by atoms with van der Waals surface area (Å²) in [7, 11) is 2.15. The molecule has 0 N–H and O–H groups in total. The number of nitrogens with zero attached hydrogens (tertiary/aromatic N) is 4. The van der Waals surface area contributed by atoms with Crippen molar-refractivity contribution in [3.8, 4) is 0 Å². The SMILES string of the molecule is CN1CCN(c2ccc(C3CCCN3C=O)cn2)CC1. The molecule has 3 rings (SSSR count). The summed E-state index contributed by atoms with van der Waals surface area (Å²) >= 11 is 0. The lowest BCUT2D eigenvalue weighted by Crippen LogP contribution is -2.44. The van der Waals surface area contributed by atoms with Crippen molar-refractivity contribution in [3.63, 3.8) is 0 Å². The fourth-order valence-electron chi connectivity index (χ4n) is 3.09. The zero-order chi connectivity index (χ0) is 13.9. The van der Waals surface area contributed by atoms with Gasteiger partial charge in [-0.2, -0.15) is 0 Å².